The molecule has 0 aliphatic heterocycles. The van der Waals surface area contributed by atoms with E-state index in [1.165, 1.54) is 16.1 Å². The van der Waals surface area contributed by atoms with Gasteiger partial charge < -0.3 is 9.80 Å². The predicted molar refractivity (Wildman–Crippen MR) is 97.3 cm³/mol. The van der Waals surface area contributed by atoms with E-state index in [1.54, 1.807) is 11.3 Å². The molecule has 23 heavy (non-hydrogen) atoms. The van der Waals surface area contributed by atoms with Crippen LogP contribution in [0, 0.1) is 6.92 Å². The van der Waals surface area contributed by atoms with Gasteiger partial charge in [-0.25, -0.2) is 4.98 Å². The van der Waals surface area contributed by atoms with Gasteiger partial charge in [0.1, 0.15) is 0 Å². The topological polar surface area (TPSA) is 36.4 Å². The van der Waals surface area contributed by atoms with Gasteiger partial charge in [-0.1, -0.05) is 12.1 Å². The van der Waals surface area contributed by atoms with Crippen LogP contribution in [0.1, 0.15) is 22.6 Å². The third-order valence-corrected chi connectivity index (χ3v) is 5.02. The van der Waals surface area contributed by atoms with Crippen molar-refractivity contribution in [3.05, 3.63) is 45.9 Å². The van der Waals surface area contributed by atoms with Gasteiger partial charge in [-0.2, -0.15) is 0 Å². The normalized spacial score (nSPS) is 10.6. The Kier molecular flexibility index (Phi) is 6.16. The first kappa shape index (κ1) is 17.5. The molecule has 4 nitrogen and oxygen atoms in total. The first-order chi connectivity index (χ1) is 11.0. The van der Waals surface area contributed by atoms with Crippen LogP contribution >= 0.6 is 11.3 Å². The molecule has 0 N–H and O–H groups in total. The number of aryl methyl sites for hydroxylation is 2. The maximum absolute atomic E-state index is 12.2. The molecule has 2 rings (SSSR count). The van der Waals surface area contributed by atoms with E-state index in [9.17, 15) is 4.79 Å². The molecular formula is C18H25N3OS. The standard InChI is InChI=1S/C18H25N3OS/c1-14-17(23-13-19-14)11-12-21(4)18(22)10-7-15-5-8-16(9-6-15)20(2)3/h5-6,8-9,13H,7,10-12H2,1-4H3. The van der Waals surface area contributed by atoms with Crippen molar-refractivity contribution in [2.45, 2.75) is 26.2 Å². The molecule has 1 aromatic carbocycles. The zero-order chi connectivity index (χ0) is 16.8. The number of benzene rings is 1. The van der Waals surface area contributed by atoms with Crippen molar-refractivity contribution in [1.82, 2.24) is 9.88 Å². The van der Waals surface area contributed by atoms with Crippen molar-refractivity contribution in [2.75, 3.05) is 32.6 Å². The van der Waals surface area contributed by atoms with E-state index in [4.69, 9.17) is 0 Å². The van der Waals surface area contributed by atoms with Gasteiger partial charge >= 0.3 is 0 Å². The zero-order valence-electron chi connectivity index (χ0n) is 14.4. The van der Waals surface area contributed by atoms with Gasteiger partial charge in [0.15, 0.2) is 0 Å². The van der Waals surface area contributed by atoms with Crippen molar-refractivity contribution in [3.63, 3.8) is 0 Å². The van der Waals surface area contributed by atoms with Gasteiger partial charge in [0.25, 0.3) is 0 Å². The summed E-state index contributed by atoms with van der Waals surface area (Å²) in [5.41, 5.74) is 5.33. The summed E-state index contributed by atoms with van der Waals surface area (Å²) >= 11 is 1.66. The maximum atomic E-state index is 12.2. The third kappa shape index (κ3) is 5.06. The summed E-state index contributed by atoms with van der Waals surface area (Å²) in [6.45, 7) is 2.77. The summed E-state index contributed by atoms with van der Waals surface area (Å²) in [4.78, 5) is 21.7. The minimum absolute atomic E-state index is 0.198. The summed E-state index contributed by atoms with van der Waals surface area (Å²) in [5.74, 6) is 0.198. The molecule has 0 saturated carbocycles. The number of carbonyl (C=O) groups is 1. The fourth-order valence-electron chi connectivity index (χ4n) is 2.36. The van der Waals surface area contributed by atoms with E-state index in [-0.39, 0.29) is 5.91 Å². The van der Waals surface area contributed by atoms with E-state index < -0.39 is 0 Å². The molecule has 0 atom stereocenters. The van der Waals surface area contributed by atoms with Crippen molar-refractivity contribution < 1.29 is 4.79 Å². The number of hydrogen-bond acceptors (Lipinski definition) is 4. The summed E-state index contributed by atoms with van der Waals surface area (Å²) in [7, 11) is 5.94. The Morgan fingerprint density at radius 2 is 1.83 bits per heavy atom. The monoisotopic (exact) mass is 331 g/mol. The summed E-state index contributed by atoms with van der Waals surface area (Å²) in [6.07, 6.45) is 2.23. The number of thiazole rings is 1. The van der Waals surface area contributed by atoms with Crippen molar-refractivity contribution in [2.24, 2.45) is 0 Å². The molecule has 2 aromatic rings. The number of amides is 1. The van der Waals surface area contributed by atoms with E-state index >= 15 is 0 Å². The van der Waals surface area contributed by atoms with Crippen molar-refractivity contribution in [1.29, 1.82) is 0 Å². The summed E-state index contributed by atoms with van der Waals surface area (Å²) < 4.78 is 0. The van der Waals surface area contributed by atoms with E-state index in [2.05, 4.69) is 34.1 Å². The lowest BCUT2D eigenvalue weighted by molar-refractivity contribution is -0.129. The van der Waals surface area contributed by atoms with Gasteiger partial charge in [0.05, 0.1) is 11.2 Å². The van der Waals surface area contributed by atoms with Crippen LogP contribution in [0.3, 0.4) is 0 Å². The smallest absolute Gasteiger partial charge is 0.222 e. The molecule has 0 radical (unpaired) electrons. The largest absolute Gasteiger partial charge is 0.378 e. The second kappa shape index (κ2) is 8.11. The Bertz CT molecular complexity index is 634. The molecule has 1 amide bonds. The lowest BCUT2D eigenvalue weighted by Crippen LogP contribution is -2.29. The quantitative estimate of drug-likeness (QED) is 0.782. The van der Waals surface area contributed by atoms with Crippen LogP contribution < -0.4 is 4.90 Å². The Morgan fingerprint density at radius 1 is 1.13 bits per heavy atom. The Hall–Kier alpha value is -1.88. The molecule has 1 heterocycles. The number of carbonyl (C=O) groups excluding carboxylic acids is 1. The average Bonchev–Trinajstić information content (AvgIpc) is 2.95. The average molecular weight is 331 g/mol. The number of hydrogen-bond donors (Lipinski definition) is 0. The van der Waals surface area contributed by atoms with Gasteiger partial charge in [-0.15, -0.1) is 11.3 Å². The molecule has 0 spiro atoms. The first-order valence-electron chi connectivity index (χ1n) is 7.86. The number of aromatic nitrogens is 1. The third-order valence-electron chi connectivity index (χ3n) is 4.03. The van der Waals surface area contributed by atoms with Crippen LogP contribution in [0.4, 0.5) is 5.69 Å². The van der Waals surface area contributed by atoms with Crippen LogP contribution in [0.15, 0.2) is 29.8 Å². The minimum Gasteiger partial charge on any atom is -0.378 e. The first-order valence-corrected chi connectivity index (χ1v) is 8.74. The Balaban J connectivity index is 1.78. The van der Waals surface area contributed by atoms with Crippen molar-refractivity contribution >= 4 is 22.9 Å². The van der Waals surface area contributed by atoms with Crippen LogP contribution in [-0.2, 0) is 17.6 Å². The molecule has 0 bridgehead atoms. The molecule has 0 saturated heterocycles. The van der Waals surface area contributed by atoms with Crippen LogP contribution in [-0.4, -0.2) is 43.5 Å². The summed E-state index contributed by atoms with van der Waals surface area (Å²) in [5, 5.41) is 0. The predicted octanol–water partition coefficient (Wildman–Crippen LogP) is 3.15. The van der Waals surface area contributed by atoms with Gasteiger partial charge in [0.2, 0.25) is 5.91 Å². The van der Waals surface area contributed by atoms with Gasteiger partial charge in [0, 0.05) is 51.1 Å². The molecular weight excluding hydrogens is 306 g/mol. The second-order valence-electron chi connectivity index (χ2n) is 5.99. The second-order valence-corrected chi connectivity index (χ2v) is 6.93. The highest BCUT2D eigenvalue weighted by molar-refractivity contribution is 7.09. The van der Waals surface area contributed by atoms with Gasteiger partial charge in [-0.3, -0.25) is 4.79 Å². The van der Waals surface area contributed by atoms with Gasteiger partial charge in [-0.05, 0) is 31.0 Å². The lowest BCUT2D eigenvalue weighted by atomic mass is 10.1. The fourth-order valence-corrected chi connectivity index (χ4v) is 3.13. The Morgan fingerprint density at radius 3 is 2.39 bits per heavy atom. The molecule has 0 aliphatic rings. The number of nitrogens with zero attached hydrogens (tertiary/aromatic N) is 3. The number of rotatable bonds is 7. The van der Waals surface area contributed by atoms with Crippen LogP contribution in [0.25, 0.3) is 0 Å². The zero-order valence-corrected chi connectivity index (χ0v) is 15.2. The highest BCUT2D eigenvalue weighted by Crippen LogP contribution is 2.15. The van der Waals surface area contributed by atoms with Crippen LogP contribution in [0.2, 0.25) is 0 Å². The molecule has 1 aromatic heterocycles. The fraction of sp³-hybridized carbons (Fsp3) is 0.444. The maximum Gasteiger partial charge on any atom is 0.222 e. The molecule has 124 valence electrons. The molecule has 5 heteroatoms. The Labute approximate surface area is 142 Å². The highest BCUT2D eigenvalue weighted by atomic mass is 32.1. The molecule has 0 aliphatic carbocycles. The number of likely N-dealkylation sites (N-methyl/N-ethyl adjacent to an activating group) is 1. The lowest BCUT2D eigenvalue weighted by Gasteiger charge is -2.17. The van der Waals surface area contributed by atoms with Crippen LogP contribution in [0.5, 0.6) is 0 Å². The minimum atomic E-state index is 0.198. The SMILES string of the molecule is Cc1ncsc1CCN(C)C(=O)CCc1ccc(N(C)C)cc1. The summed E-state index contributed by atoms with van der Waals surface area (Å²) in [6, 6.07) is 8.39. The van der Waals surface area contributed by atoms with Crippen molar-refractivity contribution in [3.8, 4) is 0 Å². The number of anilines is 1. The highest BCUT2D eigenvalue weighted by Gasteiger charge is 2.10. The van der Waals surface area contributed by atoms with E-state index in [0.717, 1.165) is 25.1 Å². The van der Waals surface area contributed by atoms with E-state index in [0.29, 0.717) is 6.42 Å². The molecule has 0 fully saturated rings. The van der Waals surface area contributed by atoms with E-state index in [1.807, 2.05) is 38.5 Å². The molecule has 0 unspecified atom stereocenters.